The maximum Gasteiger partial charge on any atom is 0.0682 e. The van der Waals surface area contributed by atoms with Gasteiger partial charge in [0.05, 0.1) is 11.7 Å². The molecule has 0 saturated carbocycles. The van der Waals surface area contributed by atoms with E-state index in [-0.39, 0.29) is 0 Å². The monoisotopic (exact) mass is 377 g/mol. The number of aryl methyl sites for hydroxylation is 1. The number of anilines is 1. The predicted molar refractivity (Wildman–Crippen MR) is 117 cm³/mol. The number of aromatic nitrogens is 2. The Morgan fingerprint density at radius 2 is 1.86 bits per heavy atom. The zero-order chi connectivity index (χ0) is 19.5. The summed E-state index contributed by atoms with van der Waals surface area (Å²) in [5.41, 5.74) is 5.19. The highest BCUT2D eigenvalue weighted by Gasteiger charge is 2.22. The number of para-hydroxylation sites is 1. The first-order chi connectivity index (χ1) is 13.6. The second-order valence-corrected chi connectivity index (χ2v) is 8.04. The molecule has 148 valence electrons. The summed E-state index contributed by atoms with van der Waals surface area (Å²) in [6, 6.07) is 16.0. The number of piperidine rings is 1. The summed E-state index contributed by atoms with van der Waals surface area (Å²) < 4.78 is 1.94. The molecule has 0 radical (unpaired) electrons. The highest BCUT2D eigenvalue weighted by atomic mass is 15.2. The summed E-state index contributed by atoms with van der Waals surface area (Å²) in [7, 11) is 6.47. The van der Waals surface area contributed by atoms with Gasteiger partial charge in [-0.1, -0.05) is 30.3 Å². The van der Waals surface area contributed by atoms with Crippen molar-refractivity contribution in [2.75, 3.05) is 32.1 Å². The second-order valence-electron chi connectivity index (χ2n) is 8.04. The minimum atomic E-state index is 0.629. The van der Waals surface area contributed by atoms with Crippen molar-refractivity contribution in [2.24, 2.45) is 7.05 Å². The fraction of sp³-hybridized carbons (Fsp3) is 0.435. The van der Waals surface area contributed by atoms with Crippen LogP contribution in [-0.4, -0.2) is 47.9 Å². The fourth-order valence-corrected chi connectivity index (χ4v) is 4.22. The number of fused-ring (bicyclic) bond motifs is 1. The number of hydrogen-bond acceptors (Lipinski definition) is 4. The summed E-state index contributed by atoms with van der Waals surface area (Å²) in [4.78, 5) is 4.92. The van der Waals surface area contributed by atoms with Gasteiger partial charge in [-0.25, -0.2) is 0 Å². The summed E-state index contributed by atoms with van der Waals surface area (Å²) in [6.45, 7) is 4.10. The number of benzene rings is 2. The van der Waals surface area contributed by atoms with Crippen LogP contribution in [0.3, 0.4) is 0 Å². The molecule has 0 amide bonds. The van der Waals surface area contributed by atoms with E-state index in [2.05, 4.69) is 76.8 Å². The van der Waals surface area contributed by atoms with Crippen LogP contribution in [0.4, 0.5) is 5.69 Å². The number of rotatable bonds is 6. The first-order valence-corrected chi connectivity index (χ1v) is 10.2. The number of nitrogens with zero attached hydrogens (tertiary/aromatic N) is 4. The molecule has 3 aromatic rings. The standard InChI is InChI=1S/C23H31N5/c1-26-12-10-21(11-13-26)27(2)22-7-5-4-6-19(22)16-24-15-18-8-9-20-17-25-28(3)23(20)14-18/h4-9,14,17,21,24H,10-13,15-16H2,1-3H3. The van der Waals surface area contributed by atoms with Gasteiger partial charge in [-0.3, -0.25) is 4.68 Å². The van der Waals surface area contributed by atoms with Crippen LogP contribution in [-0.2, 0) is 20.1 Å². The molecule has 1 saturated heterocycles. The summed E-state index contributed by atoms with van der Waals surface area (Å²) >= 11 is 0. The maximum atomic E-state index is 4.33. The van der Waals surface area contributed by atoms with Crippen molar-refractivity contribution in [3.8, 4) is 0 Å². The van der Waals surface area contributed by atoms with Crippen LogP contribution in [0.1, 0.15) is 24.0 Å². The van der Waals surface area contributed by atoms with Crippen LogP contribution in [0.15, 0.2) is 48.7 Å². The van der Waals surface area contributed by atoms with E-state index >= 15 is 0 Å². The van der Waals surface area contributed by atoms with Gasteiger partial charge in [-0.05, 0) is 56.2 Å². The molecular formula is C23H31N5. The van der Waals surface area contributed by atoms with Gasteiger partial charge in [0.25, 0.3) is 0 Å². The van der Waals surface area contributed by atoms with Crippen LogP contribution in [0.5, 0.6) is 0 Å². The lowest BCUT2D eigenvalue weighted by Crippen LogP contribution is -2.42. The average molecular weight is 378 g/mol. The van der Waals surface area contributed by atoms with Gasteiger partial charge in [0.15, 0.2) is 0 Å². The van der Waals surface area contributed by atoms with E-state index in [1.54, 1.807) is 0 Å². The first-order valence-electron chi connectivity index (χ1n) is 10.2. The van der Waals surface area contributed by atoms with Crippen molar-refractivity contribution >= 4 is 16.6 Å². The second kappa shape index (κ2) is 8.33. The van der Waals surface area contributed by atoms with Gasteiger partial charge in [0.1, 0.15) is 0 Å². The van der Waals surface area contributed by atoms with E-state index in [0.717, 1.165) is 13.1 Å². The lowest BCUT2D eigenvalue weighted by molar-refractivity contribution is 0.252. The van der Waals surface area contributed by atoms with Crippen LogP contribution in [0.25, 0.3) is 10.9 Å². The molecule has 0 atom stereocenters. The summed E-state index contributed by atoms with van der Waals surface area (Å²) in [5.74, 6) is 0. The lowest BCUT2D eigenvalue weighted by atomic mass is 10.0. The highest BCUT2D eigenvalue weighted by molar-refractivity contribution is 5.79. The molecule has 1 N–H and O–H groups in total. The zero-order valence-electron chi connectivity index (χ0n) is 17.2. The molecule has 2 heterocycles. The number of likely N-dealkylation sites (tertiary alicyclic amines) is 1. The Hall–Kier alpha value is -2.37. The van der Waals surface area contributed by atoms with E-state index in [0.29, 0.717) is 6.04 Å². The summed E-state index contributed by atoms with van der Waals surface area (Å²) in [5, 5.41) is 9.16. The van der Waals surface area contributed by atoms with Gasteiger partial charge in [0, 0.05) is 44.3 Å². The normalized spacial score (nSPS) is 16.0. The van der Waals surface area contributed by atoms with Crippen molar-refractivity contribution in [1.82, 2.24) is 20.0 Å². The van der Waals surface area contributed by atoms with Crippen LogP contribution >= 0.6 is 0 Å². The molecule has 1 aromatic heterocycles. The van der Waals surface area contributed by atoms with Crippen molar-refractivity contribution in [1.29, 1.82) is 0 Å². The van der Waals surface area contributed by atoms with E-state index in [1.807, 2.05) is 17.9 Å². The molecule has 0 aliphatic carbocycles. The Morgan fingerprint density at radius 3 is 2.68 bits per heavy atom. The van der Waals surface area contributed by atoms with Gasteiger partial charge in [-0.15, -0.1) is 0 Å². The van der Waals surface area contributed by atoms with Crippen LogP contribution < -0.4 is 10.2 Å². The van der Waals surface area contributed by atoms with Crippen molar-refractivity contribution < 1.29 is 0 Å². The first kappa shape index (κ1) is 19.0. The lowest BCUT2D eigenvalue weighted by Gasteiger charge is -2.37. The molecular weight excluding hydrogens is 346 g/mol. The maximum absolute atomic E-state index is 4.33. The Bertz CT molecular complexity index is 924. The quantitative estimate of drug-likeness (QED) is 0.714. The molecule has 0 unspecified atom stereocenters. The van der Waals surface area contributed by atoms with E-state index in [9.17, 15) is 0 Å². The van der Waals surface area contributed by atoms with Crippen LogP contribution in [0.2, 0.25) is 0 Å². The molecule has 0 spiro atoms. The zero-order valence-corrected chi connectivity index (χ0v) is 17.2. The molecule has 1 aliphatic rings. The van der Waals surface area contributed by atoms with Crippen molar-refractivity contribution in [2.45, 2.75) is 32.0 Å². The van der Waals surface area contributed by atoms with Crippen molar-refractivity contribution in [3.63, 3.8) is 0 Å². The molecule has 1 aliphatic heterocycles. The molecule has 28 heavy (non-hydrogen) atoms. The van der Waals surface area contributed by atoms with Crippen LogP contribution in [0, 0.1) is 0 Å². The van der Waals surface area contributed by atoms with Gasteiger partial charge in [0.2, 0.25) is 0 Å². The van der Waals surface area contributed by atoms with Gasteiger partial charge in [-0.2, -0.15) is 5.10 Å². The number of hydrogen-bond donors (Lipinski definition) is 1. The molecule has 2 aromatic carbocycles. The third-order valence-corrected chi connectivity index (χ3v) is 6.07. The molecule has 5 heteroatoms. The van der Waals surface area contributed by atoms with Crippen molar-refractivity contribution in [3.05, 3.63) is 59.8 Å². The summed E-state index contributed by atoms with van der Waals surface area (Å²) in [6.07, 6.45) is 4.39. The molecule has 0 bridgehead atoms. The predicted octanol–water partition coefficient (Wildman–Crippen LogP) is 3.39. The third kappa shape index (κ3) is 4.05. The smallest absolute Gasteiger partial charge is 0.0682 e. The Kier molecular flexibility index (Phi) is 5.64. The molecule has 5 nitrogen and oxygen atoms in total. The Balaban J connectivity index is 1.41. The molecule has 1 fully saturated rings. The number of nitrogens with one attached hydrogen (secondary N) is 1. The SMILES string of the molecule is CN1CCC(N(C)c2ccccc2CNCc2ccc3cnn(C)c3c2)CC1. The minimum Gasteiger partial charge on any atom is -0.371 e. The third-order valence-electron chi connectivity index (χ3n) is 6.07. The topological polar surface area (TPSA) is 36.3 Å². The van der Waals surface area contributed by atoms with E-state index in [1.165, 1.54) is 53.6 Å². The van der Waals surface area contributed by atoms with E-state index < -0.39 is 0 Å². The fourth-order valence-electron chi connectivity index (χ4n) is 4.22. The Morgan fingerprint density at radius 1 is 1.07 bits per heavy atom. The van der Waals surface area contributed by atoms with Gasteiger partial charge < -0.3 is 15.1 Å². The highest BCUT2D eigenvalue weighted by Crippen LogP contribution is 2.25. The average Bonchev–Trinajstić information content (AvgIpc) is 3.09. The largest absolute Gasteiger partial charge is 0.371 e. The Labute approximate surface area is 167 Å². The van der Waals surface area contributed by atoms with E-state index in [4.69, 9.17) is 0 Å². The minimum absolute atomic E-state index is 0.629. The van der Waals surface area contributed by atoms with Gasteiger partial charge >= 0.3 is 0 Å². The molecule has 4 rings (SSSR count).